The van der Waals surface area contributed by atoms with Gasteiger partial charge in [-0.05, 0) is 13.3 Å². The van der Waals surface area contributed by atoms with Gasteiger partial charge in [0.1, 0.15) is 0 Å². The Hall–Kier alpha value is -1.10. The third-order valence-corrected chi connectivity index (χ3v) is 2.74. The van der Waals surface area contributed by atoms with Gasteiger partial charge in [0.25, 0.3) is 0 Å². The highest BCUT2D eigenvalue weighted by Gasteiger charge is 2.22. The molecular formula is C11H21N3O2. The SMILES string of the molecule is CCCC(=O)NCC(=O)N1CCNC[C@H]1C. The van der Waals surface area contributed by atoms with Crippen LogP contribution in [-0.4, -0.2) is 48.9 Å². The number of hydrogen-bond acceptors (Lipinski definition) is 3. The summed E-state index contributed by atoms with van der Waals surface area (Å²) < 4.78 is 0. The van der Waals surface area contributed by atoms with Gasteiger partial charge in [0.15, 0.2) is 0 Å². The van der Waals surface area contributed by atoms with Crippen molar-refractivity contribution in [3.05, 3.63) is 0 Å². The molecule has 5 heteroatoms. The molecule has 1 aliphatic rings. The van der Waals surface area contributed by atoms with E-state index in [0.29, 0.717) is 6.42 Å². The van der Waals surface area contributed by atoms with Crippen molar-refractivity contribution in [3.63, 3.8) is 0 Å². The minimum Gasteiger partial charge on any atom is -0.347 e. The first-order chi connectivity index (χ1) is 7.65. The molecule has 0 unspecified atom stereocenters. The zero-order valence-electron chi connectivity index (χ0n) is 10.1. The van der Waals surface area contributed by atoms with Crippen LogP contribution in [0.3, 0.4) is 0 Å². The lowest BCUT2D eigenvalue weighted by atomic mass is 10.2. The lowest BCUT2D eigenvalue weighted by Gasteiger charge is -2.34. The van der Waals surface area contributed by atoms with Crippen molar-refractivity contribution in [3.8, 4) is 0 Å². The normalized spacial score (nSPS) is 20.6. The first-order valence-electron chi connectivity index (χ1n) is 5.92. The molecule has 0 aromatic heterocycles. The van der Waals surface area contributed by atoms with Crippen molar-refractivity contribution in [2.75, 3.05) is 26.2 Å². The van der Waals surface area contributed by atoms with Gasteiger partial charge in [0, 0.05) is 32.1 Å². The molecule has 0 aromatic carbocycles. The van der Waals surface area contributed by atoms with Crippen molar-refractivity contribution in [2.24, 2.45) is 0 Å². The summed E-state index contributed by atoms with van der Waals surface area (Å²) in [4.78, 5) is 24.8. The number of carbonyl (C=O) groups excluding carboxylic acids is 2. The Balaban J connectivity index is 2.31. The van der Waals surface area contributed by atoms with Gasteiger partial charge in [0.2, 0.25) is 11.8 Å². The average molecular weight is 227 g/mol. The smallest absolute Gasteiger partial charge is 0.242 e. The van der Waals surface area contributed by atoms with Crippen LogP contribution < -0.4 is 10.6 Å². The summed E-state index contributed by atoms with van der Waals surface area (Å²) in [5, 5.41) is 5.87. The zero-order chi connectivity index (χ0) is 12.0. The number of nitrogens with zero attached hydrogens (tertiary/aromatic N) is 1. The van der Waals surface area contributed by atoms with Gasteiger partial charge in [-0.2, -0.15) is 0 Å². The average Bonchev–Trinajstić information content (AvgIpc) is 2.27. The molecule has 1 heterocycles. The van der Waals surface area contributed by atoms with Gasteiger partial charge in [-0.15, -0.1) is 0 Å². The number of rotatable bonds is 4. The molecule has 0 saturated carbocycles. The Morgan fingerprint density at radius 3 is 2.88 bits per heavy atom. The van der Waals surface area contributed by atoms with Gasteiger partial charge in [-0.3, -0.25) is 9.59 Å². The highest BCUT2D eigenvalue weighted by molar-refractivity contribution is 5.84. The molecule has 1 aliphatic heterocycles. The van der Waals surface area contributed by atoms with E-state index in [0.717, 1.165) is 26.1 Å². The molecule has 1 fully saturated rings. The lowest BCUT2D eigenvalue weighted by Crippen LogP contribution is -2.54. The van der Waals surface area contributed by atoms with Crippen LogP contribution >= 0.6 is 0 Å². The van der Waals surface area contributed by atoms with E-state index in [4.69, 9.17) is 0 Å². The molecule has 5 nitrogen and oxygen atoms in total. The topological polar surface area (TPSA) is 61.4 Å². The summed E-state index contributed by atoms with van der Waals surface area (Å²) in [7, 11) is 0. The third-order valence-electron chi connectivity index (χ3n) is 2.74. The molecule has 92 valence electrons. The van der Waals surface area contributed by atoms with Gasteiger partial charge in [-0.25, -0.2) is 0 Å². The number of hydrogen-bond donors (Lipinski definition) is 2. The van der Waals surface area contributed by atoms with Gasteiger partial charge in [-0.1, -0.05) is 6.92 Å². The Kier molecular flexibility index (Phi) is 5.25. The van der Waals surface area contributed by atoms with Crippen LogP contribution in [0.4, 0.5) is 0 Å². The Bertz CT molecular complexity index is 256. The number of piperazine rings is 1. The van der Waals surface area contributed by atoms with E-state index >= 15 is 0 Å². The summed E-state index contributed by atoms with van der Waals surface area (Å²) in [6, 6.07) is 0.212. The predicted octanol–water partition coefficient (Wildman–Crippen LogP) is -0.277. The second-order valence-electron chi connectivity index (χ2n) is 4.17. The molecule has 1 saturated heterocycles. The minimum absolute atomic E-state index is 0.0125. The van der Waals surface area contributed by atoms with E-state index in [1.807, 2.05) is 18.7 Å². The highest BCUT2D eigenvalue weighted by atomic mass is 16.2. The maximum Gasteiger partial charge on any atom is 0.242 e. The highest BCUT2D eigenvalue weighted by Crippen LogP contribution is 2.02. The fourth-order valence-corrected chi connectivity index (χ4v) is 1.80. The van der Waals surface area contributed by atoms with Gasteiger partial charge in [0.05, 0.1) is 6.54 Å². The Morgan fingerprint density at radius 1 is 1.50 bits per heavy atom. The Morgan fingerprint density at radius 2 is 2.25 bits per heavy atom. The van der Waals surface area contributed by atoms with Crippen LogP contribution in [0.1, 0.15) is 26.7 Å². The van der Waals surface area contributed by atoms with E-state index in [1.165, 1.54) is 0 Å². The first kappa shape index (κ1) is 13.0. The van der Waals surface area contributed by atoms with E-state index in [2.05, 4.69) is 10.6 Å². The van der Waals surface area contributed by atoms with Crippen molar-refractivity contribution >= 4 is 11.8 Å². The molecule has 0 aliphatic carbocycles. The fourth-order valence-electron chi connectivity index (χ4n) is 1.80. The molecular weight excluding hydrogens is 206 g/mol. The summed E-state index contributed by atoms with van der Waals surface area (Å²) in [6.07, 6.45) is 1.30. The maximum atomic E-state index is 11.8. The van der Waals surface area contributed by atoms with Crippen molar-refractivity contribution in [1.29, 1.82) is 0 Å². The van der Waals surface area contributed by atoms with Crippen molar-refractivity contribution in [2.45, 2.75) is 32.7 Å². The minimum atomic E-state index is -0.0429. The summed E-state index contributed by atoms with van der Waals surface area (Å²) >= 11 is 0. The van der Waals surface area contributed by atoms with Crippen LogP contribution in [0.15, 0.2) is 0 Å². The van der Waals surface area contributed by atoms with E-state index < -0.39 is 0 Å². The quantitative estimate of drug-likeness (QED) is 0.694. The maximum absolute atomic E-state index is 11.8. The largest absolute Gasteiger partial charge is 0.347 e. The summed E-state index contributed by atoms with van der Waals surface area (Å²) in [5.74, 6) is -0.0305. The standard InChI is InChI=1S/C11H21N3O2/c1-3-4-10(15)13-8-11(16)14-6-5-12-7-9(14)2/h9,12H,3-8H2,1-2H3,(H,13,15)/t9-/m1/s1. The second kappa shape index (κ2) is 6.48. The van der Waals surface area contributed by atoms with E-state index in [9.17, 15) is 9.59 Å². The van der Waals surface area contributed by atoms with Crippen LogP contribution in [0.25, 0.3) is 0 Å². The van der Waals surface area contributed by atoms with E-state index in [1.54, 1.807) is 0 Å². The second-order valence-corrected chi connectivity index (χ2v) is 4.17. The van der Waals surface area contributed by atoms with Crippen LogP contribution in [0.2, 0.25) is 0 Å². The molecule has 1 atom stereocenters. The molecule has 0 aromatic rings. The number of nitrogens with one attached hydrogen (secondary N) is 2. The molecule has 16 heavy (non-hydrogen) atoms. The molecule has 2 N–H and O–H groups in total. The number of carbonyl (C=O) groups is 2. The van der Waals surface area contributed by atoms with Crippen LogP contribution in [0.5, 0.6) is 0 Å². The third kappa shape index (κ3) is 3.81. The van der Waals surface area contributed by atoms with E-state index in [-0.39, 0.29) is 24.4 Å². The molecule has 0 radical (unpaired) electrons. The van der Waals surface area contributed by atoms with Crippen LogP contribution in [-0.2, 0) is 9.59 Å². The fraction of sp³-hybridized carbons (Fsp3) is 0.818. The van der Waals surface area contributed by atoms with Gasteiger partial charge < -0.3 is 15.5 Å². The monoisotopic (exact) mass is 227 g/mol. The van der Waals surface area contributed by atoms with Crippen LogP contribution in [0, 0.1) is 0 Å². The molecule has 1 rings (SSSR count). The summed E-state index contributed by atoms with van der Waals surface area (Å²) in [6.45, 7) is 6.47. The molecule has 2 amide bonds. The lowest BCUT2D eigenvalue weighted by molar-refractivity contribution is -0.135. The zero-order valence-corrected chi connectivity index (χ0v) is 10.1. The van der Waals surface area contributed by atoms with Crippen molar-refractivity contribution < 1.29 is 9.59 Å². The molecule has 0 bridgehead atoms. The first-order valence-corrected chi connectivity index (χ1v) is 5.92. The Labute approximate surface area is 96.6 Å². The van der Waals surface area contributed by atoms with Crippen molar-refractivity contribution in [1.82, 2.24) is 15.5 Å². The number of amides is 2. The predicted molar refractivity (Wildman–Crippen MR) is 62.0 cm³/mol. The summed E-state index contributed by atoms with van der Waals surface area (Å²) in [5.41, 5.74) is 0. The molecule has 0 spiro atoms. The van der Waals surface area contributed by atoms with Gasteiger partial charge >= 0.3 is 0 Å².